The molecule has 1 N–H and O–H groups in total. The van der Waals surface area contributed by atoms with E-state index in [4.69, 9.17) is 0 Å². The zero-order chi connectivity index (χ0) is 23.5. The molecule has 0 aliphatic carbocycles. The molecule has 2 aromatic carbocycles. The normalized spacial score (nSPS) is 17.6. The quantitative estimate of drug-likeness (QED) is 0.659. The van der Waals surface area contributed by atoms with E-state index < -0.39 is 15.9 Å². The fraction of sp³-hybridized carbons (Fsp3) is 0.417. The van der Waals surface area contributed by atoms with Gasteiger partial charge in [0.25, 0.3) is 0 Å². The van der Waals surface area contributed by atoms with Gasteiger partial charge >= 0.3 is 0 Å². The Balaban J connectivity index is 1.67. The summed E-state index contributed by atoms with van der Waals surface area (Å²) in [6, 6.07) is 14.1. The van der Waals surface area contributed by atoms with Crippen molar-refractivity contribution >= 4 is 27.5 Å². The first kappa shape index (κ1) is 23.9. The third-order valence-electron chi connectivity index (χ3n) is 5.92. The monoisotopic (exact) mass is 457 g/mol. The van der Waals surface area contributed by atoms with Crippen molar-refractivity contribution in [1.82, 2.24) is 9.62 Å². The smallest absolute Gasteiger partial charge is 0.243 e. The number of carbonyl (C=O) groups is 2. The van der Waals surface area contributed by atoms with Gasteiger partial charge in [-0.05, 0) is 43.7 Å². The van der Waals surface area contributed by atoms with Gasteiger partial charge in [0.1, 0.15) is 0 Å². The molecule has 1 aliphatic rings. The van der Waals surface area contributed by atoms with Gasteiger partial charge in [-0.15, -0.1) is 0 Å². The van der Waals surface area contributed by atoms with E-state index in [1.165, 1.54) is 16.4 Å². The molecule has 0 bridgehead atoms. The molecule has 32 heavy (non-hydrogen) atoms. The molecule has 172 valence electrons. The van der Waals surface area contributed by atoms with Crippen molar-refractivity contribution in [3.8, 4) is 0 Å². The van der Waals surface area contributed by atoms with E-state index in [-0.39, 0.29) is 35.7 Å². The molecule has 2 atom stereocenters. The first-order chi connectivity index (χ1) is 15.2. The van der Waals surface area contributed by atoms with Gasteiger partial charge in [-0.1, -0.05) is 43.7 Å². The number of hydrogen-bond donors (Lipinski definition) is 1. The third-order valence-corrected chi connectivity index (χ3v) is 7.99. The van der Waals surface area contributed by atoms with Crippen molar-refractivity contribution in [2.75, 3.05) is 24.5 Å². The van der Waals surface area contributed by atoms with Crippen LogP contribution in [0.1, 0.15) is 44.4 Å². The molecule has 3 rings (SSSR count). The van der Waals surface area contributed by atoms with E-state index in [0.717, 1.165) is 11.1 Å². The predicted octanol–water partition coefficient (Wildman–Crippen LogP) is 3.26. The van der Waals surface area contributed by atoms with E-state index in [1.807, 2.05) is 38.1 Å². The van der Waals surface area contributed by atoms with E-state index in [2.05, 4.69) is 5.32 Å². The summed E-state index contributed by atoms with van der Waals surface area (Å²) in [5.41, 5.74) is 2.76. The molecular formula is C24H31N3O4S. The van der Waals surface area contributed by atoms with E-state index >= 15 is 0 Å². The van der Waals surface area contributed by atoms with Crippen molar-refractivity contribution in [3.63, 3.8) is 0 Å². The number of aryl methyl sites for hydroxylation is 1. The Bertz CT molecular complexity index is 1060. The molecule has 0 spiro atoms. The first-order valence-corrected chi connectivity index (χ1v) is 12.4. The highest BCUT2D eigenvalue weighted by atomic mass is 32.2. The Morgan fingerprint density at radius 1 is 1.09 bits per heavy atom. The number of sulfonamides is 1. The molecule has 2 amide bonds. The van der Waals surface area contributed by atoms with E-state index in [1.54, 1.807) is 30.9 Å². The van der Waals surface area contributed by atoms with Crippen LogP contribution in [-0.2, 0) is 19.6 Å². The maximum absolute atomic E-state index is 12.8. The molecule has 7 nitrogen and oxygen atoms in total. The summed E-state index contributed by atoms with van der Waals surface area (Å²) < 4.78 is 26.7. The van der Waals surface area contributed by atoms with Crippen LogP contribution in [0.15, 0.2) is 53.4 Å². The van der Waals surface area contributed by atoms with Crippen molar-refractivity contribution in [2.24, 2.45) is 5.92 Å². The van der Waals surface area contributed by atoms with Crippen LogP contribution >= 0.6 is 0 Å². The van der Waals surface area contributed by atoms with Gasteiger partial charge in [0.2, 0.25) is 21.8 Å². The summed E-state index contributed by atoms with van der Waals surface area (Å²) in [4.78, 5) is 27.1. The number of carbonyl (C=O) groups excluding carboxylic acids is 2. The first-order valence-electron chi connectivity index (χ1n) is 10.9. The fourth-order valence-corrected chi connectivity index (χ4v) is 5.37. The second-order valence-electron chi connectivity index (χ2n) is 8.13. The summed E-state index contributed by atoms with van der Waals surface area (Å²) in [7, 11) is -3.56. The number of anilines is 1. The van der Waals surface area contributed by atoms with Crippen LogP contribution in [-0.4, -0.2) is 44.2 Å². The van der Waals surface area contributed by atoms with Gasteiger partial charge in [-0.25, -0.2) is 8.42 Å². The predicted molar refractivity (Wildman–Crippen MR) is 125 cm³/mol. The number of nitrogens with one attached hydrogen (secondary N) is 1. The summed E-state index contributed by atoms with van der Waals surface area (Å²) in [5, 5.41) is 3.00. The van der Waals surface area contributed by atoms with Crippen molar-refractivity contribution < 1.29 is 18.0 Å². The SMILES string of the molecule is CCN(CC)S(=O)(=O)c1ccc(N2CC(C(=O)NC(C)c3ccc(C)cc3)CC2=O)cc1. The van der Waals surface area contributed by atoms with Gasteiger partial charge in [0.05, 0.1) is 16.9 Å². The highest BCUT2D eigenvalue weighted by molar-refractivity contribution is 7.89. The minimum atomic E-state index is -3.56. The average molecular weight is 458 g/mol. The molecule has 2 aromatic rings. The van der Waals surface area contributed by atoms with Crippen LogP contribution in [0.2, 0.25) is 0 Å². The molecule has 0 aromatic heterocycles. The number of amides is 2. The number of benzene rings is 2. The Morgan fingerprint density at radius 3 is 2.25 bits per heavy atom. The van der Waals surface area contributed by atoms with Crippen LogP contribution in [0.5, 0.6) is 0 Å². The third kappa shape index (κ3) is 5.02. The largest absolute Gasteiger partial charge is 0.349 e. The van der Waals surface area contributed by atoms with Crippen molar-refractivity contribution in [1.29, 1.82) is 0 Å². The van der Waals surface area contributed by atoms with Gasteiger partial charge in [0.15, 0.2) is 0 Å². The maximum atomic E-state index is 12.8. The van der Waals surface area contributed by atoms with E-state index in [0.29, 0.717) is 18.8 Å². The summed E-state index contributed by atoms with van der Waals surface area (Å²) >= 11 is 0. The Kier molecular flexibility index (Phi) is 7.36. The van der Waals surface area contributed by atoms with Crippen LogP contribution in [0.3, 0.4) is 0 Å². The Morgan fingerprint density at radius 2 is 1.69 bits per heavy atom. The molecule has 1 saturated heterocycles. The highest BCUT2D eigenvalue weighted by Crippen LogP contribution is 2.27. The minimum absolute atomic E-state index is 0.131. The van der Waals surface area contributed by atoms with Crippen LogP contribution in [0, 0.1) is 12.8 Å². The molecule has 1 fully saturated rings. The number of nitrogens with zero attached hydrogens (tertiary/aromatic N) is 2. The molecule has 2 unspecified atom stereocenters. The lowest BCUT2D eigenvalue weighted by Crippen LogP contribution is -2.34. The van der Waals surface area contributed by atoms with Gasteiger partial charge < -0.3 is 10.2 Å². The molecule has 8 heteroatoms. The molecular weight excluding hydrogens is 426 g/mol. The Labute approximate surface area is 190 Å². The fourth-order valence-electron chi connectivity index (χ4n) is 3.91. The maximum Gasteiger partial charge on any atom is 0.243 e. The Hall–Kier alpha value is -2.71. The van der Waals surface area contributed by atoms with Gasteiger partial charge in [-0.3, -0.25) is 9.59 Å². The van der Waals surface area contributed by atoms with Gasteiger partial charge in [0, 0.05) is 31.7 Å². The average Bonchev–Trinajstić information content (AvgIpc) is 3.16. The second kappa shape index (κ2) is 9.83. The van der Waals surface area contributed by atoms with Crippen LogP contribution in [0.25, 0.3) is 0 Å². The lowest BCUT2D eigenvalue weighted by atomic mass is 10.0. The molecule has 0 radical (unpaired) electrons. The molecule has 1 aliphatic heterocycles. The summed E-state index contributed by atoms with van der Waals surface area (Å²) in [5.74, 6) is -0.753. The summed E-state index contributed by atoms with van der Waals surface area (Å²) in [6.07, 6.45) is 0.131. The topological polar surface area (TPSA) is 86.8 Å². The van der Waals surface area contributed by atoms with Crippen molar-refractivity contribution in [3.05, 3.63) is 59.7 Å². The zero-order valence-corrected chi connectivity index (χ0v) is 19.9. The van der Waals surface area contributed by atoms with E-state index in [9.17, 15) is 18.0 Å². The molecule has 0 saturated carbocycles. The zero-order valence-electron chi connectivity index (χ0n) is 19.0. The molecule has 1 heterocycles. The minimum Gasteiger partial charge on any atom is -0.349 e. The van der Waals surface area contributed by atoms with Gasteiger partial charge in [-0.2, -0.15) is 4.31 Å². The second-order valence-corrected chi connectivity index (χ2v) is 10.1. The van der Waals surface area contributed by atoms with Crippen molar-refractivity contribution in [2.45, 2.75) is 45.1 Å². The standard InChI is InChI=1S/C24H31N3O4S/c1-5-26(6-2)32(30,31)22-13-11-21(12-14-22)27-16-20(15-23(27)28)24(29)25-18(4)19-9-7-17(3)8-10-19/h7-14,18,20H,5-6,15-16H2,1-4H3,(H,25,29). The number of hydrogen-bond acceptors (Lipinski definition) is 4. The lowest BCUT2D eigenvalue weighted by Gasteiger charge is -2.20. The highest BCUT2D eigenvalue weighted by Gasteiger charge is 2.35. The summed E-state index contributed by atoms with van der Waals surface area (Å²) in [6.45, 7) is 8.58. The van der Waals surface area contributed by atoms with Crippen LogP contribution < -0.4 is 10.2 Å². The lowest BCUT2D eigenvalue weighted by molar-refractivity contribution is -0.126. The van der Waals surface area contributed by atoms with Crippen LogP contribution in [0.4, 0.5) is 5.69 Å². The number of rotatable bonds is 8.